The molecule has 19 heavy (non-hydrogen) atoms. The van der Waals surface area contributed by atoms with Gasteiger partial charge >= 0.3 is 5.97 Å². The van der Waals surface area contributed by atoms with Crippen LogP contribution in [0.4, 0.5) is 0 Å². The van der Waals surface area contributed by atoms with E-state index in [0.717, 1.165) is 16.5 Å². The van der Waals surface area contributed by atoms with E-state index < -0.39 is 0 Å². The quantitative estimate of drug-likeness (QED) is 0.637. The van der Waals surface area contributed by atoms with Gasteiger partial charge in [0, 0.05) is 5.39 Å². The number of ether oxygens (including phenoxy) is 2. The van der Waals surface area contributed by atoms with Gasteiger partial charge in [-0.3, -0.25) is 0 Å². The Hall–Kier alpha value is -1.81. The van der Waals surface area contributed by atoms with Crippen molar-refractivity contribution in [3.05, 3.63) is 35.0 Å². The Morgan fingerprint density at radius 1 is 1.37 bits per heavy atom. The van der Waals surface area contributed by atoms with Crippen LogP contribution >= 0.6 is 11.6 Å². The first-order chi connectivity index (χ1) is 9.10. The summed E-state index contributed by atoms with van der Waals surface area (Å²) in [5.74, 6) is 0.223. The van der Waals surface area contributed by atoms with E-state index in [1.54, 1.807) is 19.1 Å². The Balaban J connectivity index is 2.20. The second-order valence-electron chi connectivity index (χ2n) is 4.03. The number of esters is 1. The van der Waals surface area contributed by atoms with Crippen molar-refractivity contribution >= 4 is 28.5 Å². The summed E-state index contributed by atoms with van der Waals surface area (Å²) in [6, 6.07) is 7.20. The van der Waals surface area contributed by atoms with Crippen LogP contribution in [0.25, 0.3) is 10.9 Å². The van der Waals surface area contributed by atoms with Gasteiger partial charge in [0.05, 0.1) is 12.1 Å². The predicted molar refractivity (Wildman–Crippen MR) is 73.6 cm³/mol. The lowest BCUT2D eigenvalue weighted by atomic mass is 10.1. The molecule has 100 valence electrons. The van der Waals surface area contributed by atoms with Crippen LogP contribution in [0, 0.1) is 6.92 Å². The number of pyridine rings is 1. The zero-order chi connectivity index (χ0) is 13.8. The van der Waals surface area contributed by atoms with E-state index in [4.69, 9.17) is 21.1 Å². The first-order valence-corrected chi connectivity index (χ1v) is 6.33. The van der Waals surface area contributed by atoms with E-state index in [-0.39, 0.29) is 12.6 Å². The molecule has 0 saturated heterocycles. The van der Waals surface area contributed by atoms with Crippen molar-refractivity contribution in [1.82, 2.24) is 4.98 Å². The van der Waals surface area contributed by atoms with Crippen molar-refractivity contribution in [3.63, 3.8) is 0 Å². The zero-order valence-electron chi connectivity index (χ0n) is 10.8. The Bertz CT molecular complexity index is 613. The molecule has 0 aliphatic rings. The second kappa shape index (κ2) is 5.89. The van der Waals surface area contributed by atoms with Crippen molar-refractivity contribution < 1.29 is 14.3 Å². The standard InChI is InChI=1S/C14H14ClNO3/c1-3-18-14(17)8-19-10-4-5-12-11(7-10)9(2)6-13(15)16-12/h4-7H,3,8H2,1-2H3. The fourth-order valence-electron chi connectivity index (χ4n) is 1.77. The Kier molecular flexibility index (Phi) is 4.22. The molecule has 0 fully saturated rings. The molecule has 0 radical (unpaired) electrons. The summed E-state index contributed by atoms with van der Waals surface area (Å²) in [7, 11) is 0. The lowest BCUT2D eigenvalue weighted by Gasteiger charge is -2.08. The molecule has 0 amide bonds. The molecule has 0 saturated carbocycles. The lowest BCUT2D eigenvalue weighted by molar-refractivity contribution is -0.145. The molecule has 2 rings (SSSR count). The third kappa shape index (κ3) is 3.35. The molecule has 1 aromatic heterocycles. The molecule has 5 heteroatoms. The first-order valence-electron chi connectivity index (χ1n) is 5.95. The minimum atomic E-state index is -0.381. The highest BCUT2D eigenvalue weighted by Gasteiger charge is 2.06. The van der Waals surface area contributed by atoms with E-state index in [1.165, 1.54) is 0 Å². The zero-order valence-corrected chi connectivity index (χ0v) is 11.5. The lowest BCUT2D eigenvalue weighted by Crippen LogP contribution is -2.14. The molecule has 1 aromatic carbocycles. The van der Waals surface area contributed by atoms with Gasteiger partial charge in [-0.05, 0) is 43.7 Å². The summed E-state index contributed by atoms with van der Waals surface area (Å²) in [6.45, 7) is 3.96. The molecule has 0 N–H and O–H groups in total. The van der Waals surface area contributed by atoms with Crippen LogP contribution in [-0.2, 0) is 9.53 Å². The molecule has 1 heterocycles. The fraction of sp³-hybridized carbons (Fsp3) is 0.286. The number of carbonyl (C=O) groups is 1. The third-order valence-electron chi connectivity index (χ3n) is 2.62. The van der Waals surface area contributed by atoms with Gasteiger partial charge in [-0.1, -0.05) is 11.6 Å². The van der Waals surface area contributed by atoms with Crippen LogP contribution in [0.3, 0.4) is 0 Å². The number of aromatic nitrogens is 1. The Labute approximate surface area is 116 Å². The maximum Gasteiger partial charge on any atom is 0.344 e. The van der Waals surface area contributed by atoms with Gasteiger partial charge in [-0.25, -0.2) is 9.78 Å². The van der Waals surface area contributed by atoms with E-state index in [2.05, 4.69) is 4.98 Å². The number of fused-ring (bicyclic) bond motifs is 1. The maximum absolute atomic E-state index is 11.2. The van der Waals surface area contributed by atoms with Gasteiger partial charge in [0.1, 0.15) is 10.9 Å². The summed E-state index contributed by atoms with van der Waals surface area (Å²) in [5.41, 5.74) is 1.81. The van der Waals surface area contributed by atoms with Crippen molar-refractivity contribution in [2.75, 3.05) is 13.2 Å². The summed E-state index contributed by atoms with van der Waals surface area (Å²) >= 11 is 5.90. The largest absolute Gasteiger partial charge is 0.482 e. The van der Waals surface area contributed by atoms with Crippen molar-refractivity contribution in [2.24, 2.45) is 0 Å². The van der Waals surface area contributed by atoms with Crippen molar-refractivity contribution in [3.8, 4) is 5.75 Å². The SMILES string of the molecule is CCOC(=O)COc1ccc2nc(Cl)cc(C)c2c1. The van der Waals surface area contributed by atoms with Crippen LogP contribution in [0.15, 0.2) is 24.3 Å². The molecule has 0 aliphatic heterocycles. The van der Waals surface area contributed by atoms with Crippen LogP contribution < -0.4 is 4.74 Å². The molecule has 0 atom stereocenters. The van der Waals surface area contributed by atoms with Crippen molar-refractivity contribution in [1.29, 1.82) is 0 Å². The monoisotopic (exact) mass is 279 g/mol. The molecule has 0 spiro atoms. The number of rotatable bonds is 4. The number of aryl methyl sites for hydroxylation is 1. The first kappa shape index (κ1) is 13.6. The smallest absolute Gasteiger partial charge is 0.344 e. The minimum absolute atomic E-state index is 0.0978. The molecule has 0 bridgehead atoms. The molecule has 2 aromatic rings. The number of halogens is 1. The minimum Gasteiger partial charge on any atom is -0.482 e. The number of benzene rings is 1. The predicted octanol–water partition coefficient (Wildman–Crippen LogP) is 3.14. The van der Waals surface area contributed by atoms with Crippen LogP contribution in [0.5, 0.6) is 5.75 Å². The molecule has 4 nitrogen and oxygen atoms in total. The average molecular weight is 280 g/mol. The van der Waals surface area contributed by atoms with Crippen LogP contribution in [-0.4, -0.2) is 24.2 Å². The van der Waals surface area contributed by atoms with E-state index in [9.17, 15) is 4.79 Å². The van der Waals surface area contributed by atoms with Gasteiger partial charge in [0.2, 0.25) is 0 Å². The molecular weight excluding hydrogens is 266 g/mol. The number of carbonyl (C=O) groups excluding carboxylic acids is 1. The topological polar surface area (TPSA) is 48.4 Å². The van der Waals surface area contributed by atoms with Gasteiger partial charge in [-0.2, -0.15) is 0 Å². The fourth-order valence-corrected chi connectivity index (χ4v) is 2.02. The van der Waals surface area contributed by atoms with E-state index in [0.29, 0.717) is 17.5 Å². The average Bonchev–Trinajstić information content (AvgIpc) is 2.37. The Morgan fingerprint density at radius 2 is 2.16 bits per heavy atom. The van der Waals surface area contributed by atoms with Crippen molar-refractivity contribution in [2.45, 2.75) is 13.8 Å². The van der Waals surface area contributed by atoms with Gasteiger partial charge in [0.15, 0.2) is 6.61 Å². The molecule has 0 unspecified atom stereocenters. The van der Waals surface area contributed by atoms with Crippen LogP contribution in [0.2, 0.25) is 5.15 Å². The summed E-state index contributed by atoms with van der Waals surface area (Å²) in [5, 5.41) is 1.41. The van der Waals surface area contributed by atoms with E-state index in [1.807, 2.05) is 19.1 Å². The third-order valence-corrected chi connectivity index (χ3v) is 2.81. The van der Waals surface area contributed by atoms with Gasteiger partial charge in [-0.15, -0.1) is 0 Å². The molecular formula is C14H14ClNO3. The number of hydrogen-bond donors (Lipinski definition) is 0. The van der Waals surface area contributed by atoms with Crippen LogP contribution in [0.1, 0.15) is 12.5 Å². The van der Waals surface area contributed by atoms with Gasteiger partial charge in [0.25, 0.3) is 0 Å². The molecule has 0 aliphatic carbocycles. The Morgan fingerprint density at radius 3 is 2.89 bits per heavy atom. The van der Waals surface area contributed by atoms with Gasteiger partial charge < -0.3 is 9.47 Å². The normalized spacial score (nSPS) is 10.5. The highest BCUT2D eigenvalue weighted by Crippen LogP contribution is 2.24. The summed E-state index contributed by atoms with van der Waals surface area (Å²) < 4.78 is 10.2. The summed E-state index contributed by atoms with van der Waals surface area (Å²) in [6.07, 6.45) is 0. The highest BCUT2D eigenvalue weighted by molar-refractivity contribution is 6.29. The highest BCUT2D eigenvalue weighted by atomic mass is 35.5. The van der Waals surface area contributed by atoms with E-state index >= 15 is 0 Å². The second-order valence-corrected chi connectivity index (χ2v) is 4.42. The number of hydrogen-bond acceptors (Lipinski definition) is 4. The maximum atomic E-state index is 11.2. The number of nitrogens with zero attached hydrogens (tertiary/aromatic N) is 1. The summed E-state index contributed by atoms with van der Waals surface area (Å²) in [4.78, 5) is 15.4.